The molecule has 5 nitrogen and oxygen atoms in total. The molecule has 1 amide bonds. The Labute approximate surface area is 136 Å². The fraction of sp³-hybridized carbons (Fsp3) is 0.278. The van der Waals surface area contributed by atoms with Crippen LogP contribution in [0.25, 0.3) is 0 Å². The summed E-state index contributed by atoms with van der Waals surface area (Å²) in [6.45, 7) is 3.04. The van der Waals surface area contributed by atoms with Crippen LogP contribution >= 0.6 is 0 Å². The topological polar surface area (TPSA) is 58.8 Å². The summed E-state index contributed by atoms with van der Waals surface area (Å²) in [5.74, 6) is 0.915. The molecule has 2 N–H and O–H groups in total. The Morgan fingerprint density at radius 2 is 1.74 bits per heavy atom. The third kappa shape index (κ3) is 3.39. The van der Waals surface area contributed by atoms with Crippen LogP contribution in [0, 0.1) is 0 Å². The summed E-state index contributed by atoms with van der Waals surface area (Å²) in [6.07, 6.45) is 0. The molecule has 0 unspecified atom stereocenters. The van der Waals surface area contributed by atoms with E-state index in [2.05, 4.69) is 11.0 Å². The molecule has 1 heterocycles. The molecule has 23 heavy (non-hydrogen) atoms. The Morgan fingerprint density at radius 3 is 2.39 bits per heavy atom. The van der Waals surface area contributed by atoms with Crippen molar-refractivity contribution in [3.8, 4) is 5.75 Å². The highest BCUT2D eigenvalue weighted by Crippen LogP contribution is 2.22. The number of amides is 1. The molecular weight excluding hydrogens is 290 g/mol. The zero-order chi connectivity index (χ0) is 16.2. The number of nitrogens with two attached hydrogens (primary N) is 1. The summed E-state index contributed by atoms with van der Waals surface area (Å²) in [6, 6.07) is 15.1. The van der Waals surface area contributed by atoms with E-state index in [-0.39, 0.29) is 5.91 Å². The van der Waals surface area contributed by atoms with E-state index in [1.165, 1.54) is 0 Å². The van der Waals surface area contributed by atoms with Gasteiger partial charge in [0.05, 0.1) is 7.11 Å². The highest BCUT2D eigenvalue weighted by molar-refractivity contribution is 5.94. The fourth-order valence-corrected chi connectivity index (χ4v) is 2.78. The van der Waals surface area contributed by atoms with E-state index in [9.17, 15) is 4.79 Å². The smallest absolute Gasteiger partial charge is 0.253 e. The summed E-state index contributed by atoms with van der Waals surface area (Å²) in [5, 5.41) is 0. The largest absolute Gasteiger partial charge is 0.497 e. The van der Waals surface area contributed by atoms with Crippen molar-refractivity contribution in [1.82, 2.24) is 4.90 Å². The van der Waals surface area contributed by atoms with Crippen LogP contribution in [0.4, 0.5) is 11.4 Å². The Hall–Kier alpha value is -2.69. The van der Waals surface area contributed by atoms with Crippen molar-refractivity contribution < 1.29 is 9.53 Å². The number of hydrogen-bond donors (Lipinski definition) is 1. The number of anilines is 2. The van der Waals surface area contributed by atoms with E-state index >= 15 is 0 Å². The summed E-state index contributed by atoms with van der Waals surface area (Å²) < 4.78 is 5.27. The van der Waals surface area contributed by atoms with Crippen molar-refractivity contribution in [1.29, 1.82) is 0 Å². The molecule has 0 saturated carbocycles. The van der Waals surface area contributed by atoms with E-state index in [4.69, 9.17) is 10.5 Å². The molecule has 1 saturated heterocycles. The van der Waals surface area contributed by atoms with Crippen LogP contribution in [0.5, 0.6) is 5.75 Å². The van der Waals surface area contributed by atoms with Gasteiger partial charge < -0.3 is 20.3 Å². The summed E-state index contributed by atoms with van der Waals surface area (Å²) in [7, 11) is 1.67. The average Bonchev–Trinajstić information content (AvgIpc) is 2.62. The molecule has 2 aromatic rings. The maximum atomic E-state index is 12.5. The molecule has 1 fully saturated rings. The van der Waals surface area contributed by atoms with Gasteiger partial charge in [0.2, 0.25) is 0 Å². The Morgan fingerprint density at radius 1 is 1.04 bits per heavy atom. The third-order valence-electron chi connectivity index (χ3n) is 4.14. The molecule has 0 bridgehead atoms. The zero-order valence-corrected chi connectivity index (χ0v) is 13.2. The van der Waals surface area contributed by atoms with Gasteiger partial charge in [-0.15, -0.1) is 0 Å². The lowest BCUT2D eigenvalue weighted by molar-refractivity contribution is 0.0747. The predicted octanol–water partition coefficient (Wildman–Crippen LogP) is 2.24. The molecule has 0 aliphatic carbocycles. The molecule has 0 spiro atoms. The van der Waals surface area contributed by atoms with E-state index in [0.717, 1.165) is 24.5 Å². The molecule has 2 aromatic carbocycles. The van der Waals surface area contributed by atoms with Crippen molar-refractivity contribution in [2.24, 2.45) is 0 Å². The van der Waals surface area contributed by atoms with Gasteiger partial charge in [0.15, 0.2) is 0 Å². The lowest BCUT2D eigenvalue weighted by Crippen LogP contribution is -2.48. The van der Waals surface area contributed by atoms with Gasteiger partial charge in [0, 0.05) is 49.2 Å². The van der Waals surface area contributed by atoms with Crippen LogP contribution in [0.2, 0.25) is 0 Å². The monoisotopic (exact) mass is 311 g/mol. The first kappa shape index (κ1) is 15.2. The van der Waals surface area contributed by atoms with Crippen LogP contribution in [0.15, 0.2) is 48.5 Å². The number of nitrogen functional groups attached to an aromatic ring is 1. The van der Waals surface area contributed by atoms with E-state index in [1.54, 1.807) is 31.4 Å². The first-order chi connectivity index (χ1) is 11.2. The number of carbonyl (C=O) groups excluding carboxylic acids is 1. The first-order valence-corrected chi connectivity index (χ1v) is 7.71. The Kier molecular flexibility index (Phi) is 4.37. The highest BCUT2D eigenvalue weighted by Gasteiger charge is 2.22. The van der Waals surface area contributed by atoms with Crippen LogP contribution in [0.1, 0.15) is 10.4 Å². The molecule has 0 atom stereocenters. The van der Waals surface area contributed by atoms with Crippen LogP contribution in [0.3, 0.4) is 0 Å². The average molecular weight is 311 g/mol. The molecule has 0 aromatic heterocycles. The van der Waals surface area contributed by atoms with Crippen molar-refractivity contribution in [2.75, 3.05) is 43.9 Å². The van der Waals surface area contributed by atoms with Crippen LogP contribution in [-0.4, -0.2) is 44.1 Å². The number of rotatable bonds is 3. The standard InChI is InChI=1S/C18H21N3O2/c1-23-17-4-2-3-16(13-17)20-9-11-21(12-10-20)18(22)14-5-7-15(19)8-6-14/h2-8,13H,9-12,19H2,1H3. The van der Waals surface area contributed by atoms with Gasteiger partial charge in [-0.05, 0) is 36.4 Å². The molecule has 3 rings (SSSR count). The van der Waals surface area contributed by atoms with Gasteiger partial charge in [0.25, 0.3) is 5.91 Å². The number of piperazine rings is 1. The minimum atomic E-state index is 0.0651. The Bertz CT molecular complexity index is 677. The van der Waals surface area contributed by atoms with Gasteiger partial charge in [-0.25, -0.2) is 0 Å². The van der Waals surface area contributed by atoms with Gasteiger partial charge >= 0.3 is 0 Å². The second-order valence-corrected chi connectivity index (χ2v) is 5.60. The minimum Gasteiger partial charge on any atom is -0.497 e. The van der Waals surface area contributed by atoms with E-state index in [0.29, 0.717) is 24.3 Å². The van der Waals surface area contributed by atoms with Crippen molar-refractivity contribution in [3.63, 3.8) is 0 Å². The number of carbonyl (C=O) groups is 1. The van der Waals surface area contributed by atoms with Gasteiger partial charge in [0.1, 0.15) is 5.75 Å². The first-order valence-electron chi connectivity index (χ1n) is 7.71. The quantitative estimate of drug-likeness (QED) is 0.883. The van der Waals surface area contributed by atoms with Gasteiger partial charge in [-0.1, -0.05) is 6.07 Å². The van der Waals surface area contributed by atoms with Crippen molar-refractivity contribution in [3.05, 3.63) is 54.1 Å². The van der Waals surface area contributed by atoms with Crippen LogP contribution < -0.4 is 15.4 Å². The zero-order valence-electron chi connectivity index (χ0n) is 13.2. The molecule has 120 valence electrons. The highest BCUT2D eigenvalue weighted by atomic mass is 16.5. The second kappa shape index (κ2) is 6.60. The SMILES string of the molecule is COc1cccc(N2CCN(C(=O)c3ccc(N)cc3)CC2)c1. The fourth-order valence-electron chi connectivity index (χ4n) is 2.78. The lowest BCUT2D eigenvalue weighted by atomic mass is 10.1. The molecule has 0 radical (unpaired) electrons. The number of hydrogen-bond acceptors (Lipinski definition) is 4. The van der Waals surface area contributed by atoms with E-state index in [1.807, 2.05) is 23.1 Å². The minimum absolute atomic E-state index is 0.0651. The predicted molar refractivity (Wildman–Crippen MR) is 92.0 cm³/mol. The summed E-state index contributed by atoms with van der Waals surface area (Å²) >= 11 is 0. The maximum Gasteiger partial charge on any atom is 0.253 e. The summed E-state index contributed by atoms with van der Waals surface area (Å²) in [4.78, 5) is 16.7. The Balaban J connectivity index is 1.63. The number of methoxy groups -OCH3 is 1. The number of benzene rings is 2. The third-order valence-corrected chi connectivity index (χ3v) is 4.14. The normalized spacial score (nSPS) is 14.7. The lowest BCUT2D eigenvalue weighted by Gasteiger charge is -2.36. The molecule has 1 aliphatic rings. The summed E-state index contributed by atoms with van der Waals surface area (Å²) in [5.41, 5.74) is 8.16. The molecule has 5 heteroatoms. The molecule has 1 aliphatic heterocycles. The van der Waals surface area contributed by atoms with Gasteiger partial charge in [-0.2, -0.15) is 0 Å². The van der Waals surface area contributed by atoms with Crippen molar-refractivity contribution >= 4 is 17.3 Å². The number of ether oxygens (including phenoxy) is 1. The second-order valence-electron chi connectivity index (χ2n) is 5.60. The van der Waals surface area contributed by atoms with Crippen LogP contribution in [-0.2, 0) is 0 Å². The maximum absolute atomic E-state index is 12.5. The van der Waals surface area contributed by atoms with Gasteiger partial charge in [-0.3, -0.25) is 4.79 Å². The molecular formula is C18H21N3O2. The number of nitrogens with zero attached hydrogens (tertiary/aromatic N) is 2. The van der Waals surface area contributed by atoms with E-state index < -0.39 is 0 Å². The van der Waals surface area contributed by atoms with Crippen molar-refractivity contribution in [2.45, 2.75) is 0 Å².